The van der Waals surface area contributed by atoms with Crippen LogP contribution in [0.5, 0.6) is 0 Å². The van der Waals surface area contributed by atoms with Crippen LogP contribution in [0.3, 0.4) is 0 Å². The van der Waals surface area contributed by atoms with Crippen molar-refractivity contribution in [2.24, 2.45) is 5.41 Å². The quantitative estimate of drug-likeness (QED) is 0.267. The number of aromatic nitrogens is 1. The van der Waals surface area contributed by atoms with Gasteiger partial charge in [-0.3, -0.25) is 4.79 Å². The van der Waals surface area contributed by atoms with E-state index in [2.05, 4.69) is 70.8 Å². The molecule has 1 heterocycles. The van der Waals surface area contributed by atoms with Gasteiger partial charge in [0.15, 0.2) is 5.78 Å². The molecule has 0 unspecified atom stereocenters. The molecule has 3 nitrogen and oxygen atoms in total. The maximum Gasteiger partial charge on any atom is 0.155 e. The average molecular weight is 571 g/mol. The molecule has 1 aliphatic carbocycles. The Kier molecular flexibility index (Phi) is 7.78. The van der Waals surface area contributed by atoms with Crippen molar-refractivity contribution >= 4 is 5.78 Å². The maximum atomic E-state index is 10.0. The first-order chi connectivity index (χ1) is 12.8. The van der Waals surface area contributed by atoms with E-state index in [0.29, 0.717) is 0 Å². The molecule has 0 atom stereocenters. The average Bonchev–Trinajstić information content (AvgIpc) is 2.70. The second kappa shape index (κ2) is 8.93. The molecule has 1 radical (unpaired) electrons. The number of aliphatic hydroxyl groups is 1. The number of allylic oxidation sites excluding steroid dienone is 2. The Morgan fingerprint density at radius 2 is 1.62 bits per heavy atom. The van der Waals surface area contributed by atoms with Gasteiger partial charge in [0.2, 0.25) is 0 Å². The number of fused-ring (bicyclic) bond motifs is 1. The summed E-state index contributed by atoms with van der Waals surface area (Å²) < 4.78 is 0. The van der Waals surface area contributed by atoms with Crippen LogP contribution >= 0.6 is 0 Å². The van der Waals surface area contributed by atoms with Crippen LogP contribution in [0.15, 0.2) is 48.4 Å². The van der Waals surface area contributed by atoms with Gasteiger partial charge < -0.3 is 10.1 Å². The first kappa shape index (κ1) is 25.3. The van der Waals surface area contributed by atoms with Crippen molar-refractivity contribution in [1.82, 2.24) is 4.98 Å². The Hall–Kier alpha value is -1.77. The molecule has 29 heavy (non-hydrogen) atoms. The third-order valence-electron chi connectivity index (χ3n) is 6.78. The number of benzene rings is 1. The van der Waals surface area contributed by atoms with E-state index in [-0.39, 0.29) is 47.9 Å². The summed E-state index contributed by atoms with van der Waals surface area (Å²) in [5, 5.41) is 8.36. The van der Waals surface area contributed by atoms with Crippen LogP contribution in [0.1, 0.15) is 66.5 Å². The second-order valence-electron chi connectivity index (χ2n) is 9.16. The van der Waals surface area contributed by atoms with Crippen molar-refractivity contribution in [3.05, 3.63) is 65.6 Å². The number of hydrogen-bond acceptors (Lipinski definition) is 3. The van der Waals surface area contributed by atoms with Crippen molar-refractivity contribution < 1.29 is 30.0 Å². The van der Waals surface area contributed by atoms with E-state index in [1.54, 1.807) is 0 Å². The summed E-state index contributed by atoms with van der Waals surface area (Å²) in [5.41, 5.74) is 5.43. The number of aliphatic hydroxyl groups excluding tert-OH is 1. The molecule has 4 heteroatoms. The van der Waals surface area contributed by atoms with E-state index >= 15 is 0 Å². The third kappa shape index (κ3) is 4.70. The number of hydrogen-bond donors (Lipinski definition) is 1. The summed E-state index contributed by atoms with van der Waals surface area (Å²) in [7, 11) is 0. The second-order valence-corrected chi connectivity index (χ2v) is 9.16. The topological polar surface area (TPSA) is 50.2 Å². The fraction of sp³-hybridized carbons (Fsp3) is 0.440. The molecule has 0 amide bonds. The number of carbonyl (C=O) groups is 1. The molecular formula is C25H32IrNO2-. The molecule has 159 valence electrons. The zero-order chi connectivity index (χ0) is 21.3. The molecule has 2 aromatic rings. The zero-order valence-corrected chi connectivity index (χ0v) is 21.1. The number of ketones is 1. The van der Waals surface area contributed by atoms with E-state index in [4.69, 9.17) is 5.11 Å². The summed E-state index contributed by atoms with van der Waals surface area (Å²) in [6, 6.07) is 14.0. The van der Waals surface area contributed by atoms with Gasteiger partial charge in [-0.2, -0.15) is 0 Å². The van der Waals surface area contributed by atoms with Gasteiger partial charge in [0, 0.05) is 32.4 Å². The Bertz CT molecular complexity index is 892. The number of pyridine rings is 1. The Balaban J connectivity index is 0.000000456. The summed E-state index contributed by atoms with van der Waals surface area (Å²) in [6.07, 6.45) is 3.01. The first-order valence-corrected chi connectivity index (χ1v) is 9.68. The standard InChI is InChI=1S/C20H24N.C5H8O2.Ir/c1-18(2)15-11-10-14(17-9-7-8-12-21-17)13-16(15)19(3,4)20(18,5)6;1-4(6)3-5(2)7;/h7-9,11-13H,1-6H3;3,6H,1-2H3;/q-1;;. The normalized spacial score (nSPS) is 18.0. The molecule has 1 aliphatic rings. The SMILES string of the molecule is CC(=O)C=C(C)O.CC1(C)c2c[c-]c(-c3ccccn3)cc2C(C)(C)C1(C)C.[Ir]. The minimum Gasteiger partial charge on any atom is -0.512 e. The molecule has 3 rings (SSSR count). The molecule has 1 aromatic heterocycles. The molecule has 0 fully saturated rings. The number of carbonyl (C=O) groups excluding carboxylic acids is 1. The molecular weight excluding hydrogens is 538 g/mol. The van der Waals surface area contributed by atoms with Crippen LogP contribution < -0.4 is 0 Å². The van der Waals surface area contributed by atoms with Gasteiger partial charge in [0.1, 0.15) is 0 Å². The van der Waals surface area contributed by atoms with Gasteiger partial charge in [-0.1, -0.05) is 53.7 Å². The van der Waals surface area contributed by atoms with Crippen LogP contribution in [0.25, 0.3) is 11.3 Å². The summed E-state index contributed by atoms with van der Waals surface area (Å²) in [5.74, 6) is -0.0625. The predicted octanol–water partition coefficient (Wildman–Crippen LogP) is 6.18. The maximum absolute atomic E-state index is 10.0. The van der Waals surface area contributed by atoms with Gasteiger partial charge >= 0.3 is 0 Å². The van der Waals surface area contributed by atoms with Gasteiger partial charge in [0.05, 0.1) is 5.76 Å². The molecule has 1 aromatic carbocycles. The van der Waals surface area contributed by atoms with E-state index in [1.165, 1.54) is 31.1 Å². The molecule has 0 aliphatic heterocycles. The summed E-state index contributed by atoms with van der Waals surface area (Å²) in [4.78, 5) is 14.5. The minimum absolute atomic E-state index is 0. The van der Waals surface area contributed by atoms with Crippen molar-refractivity contribution in [1.29, 1.82) is 0 Å². The van der Waals surface area contributed by atoms with Crippen LogP contribution in [-0.2, 0) is 35.7 Å². The van der Waals surface area contributed by atoms with Crippen LogP contribution in [-0.4, -0.2) is 15.9 Å². The Morgan fingerprint density at radius 1 is 1.03 bits per heavy atom. The van der Waals surface area contributed by atoms with Gasteiger partial charge in [-0.05, 0) is 41.9 Å². The van der Waals surface area contributed by atoms with Crippen LogP contribution in [0, 0.1) is 11.5 Å². The summed E-state index contributed by atoms with van der Waals surface area (Å²) in [6.45, 7) is 17.1. The predicted molar refractivity (Wildman–Crippen MR) is 115 cm³/mol. The zero-order valence-electron chi connectivity index (χ0n) is 18.7. The minimum atomic E-state index is -0.125. The fourth-order valence-corrected chi connectivity index (χ4v) is 3.94. The van der Waals surface area contributed by atoms with Crippen LogP contribution in [0.4, 0.5) is 0 Å². The monoisotopic (exact) mass is 571 g/mol. The van der Waals surface area contributed by atoms with Crippen molar-refractivity contribution in [2.75, 3.05) is 0 Å². The van der Waals surface area contributed by atoms with Crippen molar-refractivity contribution in [3.8, 4) is 11.3 Å². The molecule has 0 saturated carbocycles. The van der Waals surface area contributed by atoms with Gasteiger partial charge in [0.25, 0.3) is 0 Å². The molecule has 0 spiro atoms. The first-order valence-electron chi connectivity index (χ1n) is 9.68. The third-order valence-corrected chi connectivity index (χ3v) is 6.78. The number of nitrogens with zero attached hydrogens (tertiary/aromatic N) is 1. The molecule has 0 saturated heterocycles. The van der Waals surface area contributed by atoms with E-state index in [9.17, 15) is 4.79 Å². The van der Waals surface area contributed by atoms with Crippen molar-refractivity contribution in [3.63, 3.8) is 0 Å². The summed E-state index contributed by atoms with van der Waals surface area (Å²) >= 11 is 0. The van der Waals surface area contributed by atoms with Gasteiger partial charge in [-0.15, -0.1) is 34.9 Å². The smallest absolute Gasteiger partial charge is 0.155 e. The van der Waals surface area contributed by atoms with E-state index < -0.39 is 0 Å². The molecule has 1 N–H and O–H groups in total. The Morgan fingerprint density at radius 3 is 2.07 bits per heavy atom. The fourth-order valence-electron chi connectivity index (χ4n) is 3.94. The van der Waals surface area contributed by atoms with Crippen molar-refractivity contribution in [2.45, 2.75) is 66.2 Å². The largest absolute Gasteiger partial charge is 0.512 e. The number of rotatable bonds is 2. The Labute approximate surface area is 189 Å². The molecule has 0 bridgehead atoms. The van der Waals surface area contributed by atoms with Crippen LogP contribution in [0.2, 0.25) is 0 Å². The van der Waals surface area contributed by atoms with E-state index in [0.717, 1.165) is 11.3 Å². The van der Waals surface area contributed by atoms with E-state index in [1.807, 2.05) is 18.3 Å². The van der Waals surface area contributed by atoms with Gasteiger partial charge in [-0.25, -0.2) is 0 Å².